The maximum absolute atomic E-state index is 3.52. The van der Waals surface area contributed by atoms with Crippen LogP contribution in [-0.2, 0) is 0 Å². The predicted molar refractivity (Wildman–Crippen MR) is 68.1 cm³/mol. The summed E-state index contributed by atoms with van der Waals surface area (Å²) in [5, 5.41) is 3.52. The fraction of sp³-hybridized carbons (Fsp3) is 1.00. The molecule has 0 bridgehead atoms. The molecule has 3 atom stereocenters. The van der Waals surface area contributed by atoms with E-state index in [2.05, 4.69) is 26.2 Å². The lowest BCUT2D eigenvalue weighted by molar-refractivity contribution is 0.206. The minimum Gasteiger partial charge on any atom is -0.317 e. The largest absolute Gasteiger partial charge is 0.317 e. The van der Waals surface area contributed by atoms with Crippen LogP contribution in [0.3, 0.4) is 0 Å². The molecule has 1 aliphatic carbocycles. The Hall–Kier alpha value is -0.0400. The Morgan fingerprint density at radius 1 is 1.13 bits per heavy atom. The molecule has 0 aromatic carbocycles. The van der Waals surface area contributed by atoms with E-state index in [1.54, 1.807) is 0 Å². The number of unbranched alkanes of at least 4 members (excludes halogenated alkanes) is 3. The molecular formula is C14H29N. The molecule has 0 radical (unpaired) electrons. The molecule has 1 fully saturated rings. The van der Waals surface area contributed by atoms with Crippen molar-refractivity contribution in [1.29, 1.82) is 0 Å². The van der Waals surface area contributed by atoms with E-state index in [-0.39, 0.29) is 0 Å². The highest BCUT2D eigenvalue weighted by Crippen LogP contribution is 2.32. The quantitative estimate of drug-likeness (QED) is 0.655. The average Bonchev–Trinajstić information content (AvgIpc) is 2.25. The molecule has 90 valence electrons. The Morgan fingerprint density at radius 2 is 1.93 bits per heavy atom. The van der Waals surface area contributed by atoms with Crippen LogP contribution in [0.1, 0.15) is 65.2 Å². The summed E-state index contributed by atoms with van der Waals surface area (Å²) in [5.74, 6) is 1.92. The highest BCUT2D eigenvalue weighted by Gasteiger charge is 2.26. The second-order valence-corrected chi connectivity index (χ2v) is 5.42. The van der Waals surface area contributed by atoms with Gasteiger partial charge in [-0.25, -0.2) is 0 Å². The van der Waals surface area contributed by atoms with Crippen LogP contribution in [0.5, 0.6) is 0 Å². The molecule has 1 N–H and O–H groups in total. The van der Waals surface area contributed by atoms with E-state index in [1.165, 1.54) is 51.4 Å². The van der Waals surface area contributed by atoms with Crippen LogP contribution >= 0.6 is 0 Å². The van der Waals surface area contributed by atoms with Crippen molar-refractivity contribution in [2.24, 2.45) is 11.8 Å². The summed E-state index contributed by atoms with van der Waals surface area (Å²) < 4.78 is 0. The van der Waals surface area contributed by atoms with Gasteiger partial charge in [-0.05, 0) is 44.6 Å². The van der Waals surface area contributed by atoms with E-state index < -0.39 is 0 Å². The predicted octanol–water partition coefficient (Wildman–Crippen LogP) is 3.98. The highest BCUT2D eigenvalue weighted by molar-refractivity contribution is 4.82. The fourth-order valence-electron chi connectivity index (χ4n) is 3.03. The SMILES string of the molecule is CCCCCCC1CC(C)CCC1NC. The van der Waals surface area contributed by atoms with Crippen LogP contribution < -0.4 is 5.32 Å². The summed E-state index contributed by atoms with van der Waals surface area (Å²) in [5.41, 5.74) is 0. The summed E-state index contributed by atoms with van der Waals surface area (Å²) in [6.45, 7) is 4.71. The number of rotatable bonds is 6. The van der Waals surface area contributed by atoms with Gasteiger partial charge in [0.15, 0.2) is 0 Å². The Kier molecular flexibility index (Phi) is 6.31. The maximum atomic E-state index is 3.52. The van der Waals surface area contributed by atoms with Crippen molar-refractivity contribution < 1.29 is 0 Å². The van der Waals surface area contributed by atoms with Gasteiger partial charge in [0.25, 0.3) is 0 Å². The van der Waals surface area contributed by atoms with Crippen molar-refractivity contribution in [1.82, 2.24) is 5.32 Å². The normalized spacial score (nSPS) is 31.8. The second kappa shape index (κ2) is 7.27. The molecule has 0 amide bonds. The van der Waals surface area contributed by atoms with Gasteiger partial charge in [0.2, 0.25) is 0 Å². The van der Waals surface area contributed by atoms with Crippen LogP contribution in [0.2, 0.25) is 0 Å². The van der Waals surface area contributed by atoms with Crippen molar-refractivity contribution in [2.45, 2.75) is 71.3 Å². The Balaban J connectivity index is 2.22. The van der Waals surface area contributed by atoms with Gasteiger partial charge in [-0.1, -0.05) is 39.5 Å². The molecule has 1 saturated carbocycles. The van der Waals surface area contributed by atoms with Gasteiger partial charge < -0.3 is 5.32 Å². The van der Waals surface area contributed by atoms with Gasteiger partial charge in [-0.2, -0.15) is 0 Å². The van der Waals surface area contributed by atoms with Crippen molar-refractivity contribution >= 4 is 0 Å². The number of hydrogen-bond acceptors (Lipinski definition) is 1. The first kappa shape index (κ1) is 13.0. The molecule has 1 nitrogen and oxygen atoms in total. The average molecular weight is 211 g/mol. The van der Waals surface area contributed by atoms with E-state index in [0.29, 0.717) is 0 Å². The van der Waals surface area contributed by atoms with E-state index >= 15 is 0 Å². The van der Waals surface area contributed by atoms with Gasteiger partial charge in [-0.3, -0.25) is 0 Å². The van der Waals surface area contributed by atoms with Gasteiger partial charge in [0.1, 0.15) is 0 Å². The molecule has 1 aliphatic rings. The zero-order valence-electron chi connectivity index (χ0n) is 10.9. The Labute approximate surface area is 96.0 Å². The van der Waals surface area contributed by atoms with Crippen molar-refractivity contribution in [3.63, 3.8) is 0 Å². The van der Waals surface area contributed by atoms with E-state index in [9.17, 15) is 0 Å². The van der Waals surface area contributed by atoms with Crippen molar-refractivity contribution in [3.05, 3.63) is 0 Å². The summed E-state index contributed by atoms with van der Waals surface area (Å²) in [4.78, 5) is 0. The van der Waals surface area contributed by atoms with E-state index in [1.807, 2.05) is 0 Å². The van der Waals surface area contributed by atoms with Gasteiger partial charge in [0.05, 0.1) is 0 Å². The lowest BCUT2D eigenvalue weighted by Gasteiger charge is -2.34. The molecule has 0 saturated heterocycles. The van der Waals surface area contributed by atoms with Crippen LogP contribution in [0.15, 0.2) is 0 Å². The summed E-state index contributed by atoms with van der Waals surface area (Å²) >= 11 is 0. The maximum Gasteiger partial charge on any atom is 0.00925 e. The minimum absolute atomic E-state index is 0.808. The summed E-state index contributed by atoms with van der Waals surface area (Å²) in [7, 11) is 2.14. The molecule has 1 heteroatoms. The Morgan fingerprint density at radius 3 is 2.60 bits per heavy atom. The molecule has 0 aromatic rings. The van der Waals surface area contributed by atoms with Gasteiger partial charge in [-0.15, -0.1) is 0 Å². The molecule has 3 unspecified atom stereocenters. The topological polar surface area (TPSA) is 12.0 Å². The third kappa shape index (κ3) is 4.55. The molecule has 1 rings (SSSR count). The first-order chi connectivity index (χ1) is 7.27. The molecule has 0 spiro atoms. The summed E-state index contributed by atoms with van der Waals surface area (Å²) in [6, 6.07) is 0.808. The van der Waals surface area contributed by atoms with Gasteiger partial charge in [0, 0.05) is 6.04 Å². The van der Waals surface area contributed by atoms with Crippen LogP contribution in [0.25, 0.3) is 0 Å². The molecule has 0 heterocycles. The third-order valence-corrected chi connectivity index (χ3v) is 4.04. The number of hydrogen-bond donors (Lipinski definition) is 1. The van der Waals surface area contributed by atoms with Crippen LogP contribution in [0.4, 0.5) is 0 Å². The Bertz CT molecular complexity index is 155. The molecular weight excluding hydrogens is 182 g/mol. The minimum atomic E-state index is 0.808. The lowest BCUT2D eigenvalue weighted by Crippen LogP contribution is -2.38. The van der Waals surface area contributed by atoms with Crippen molar-refractivity contribution in [2.75, 3.05) is 7.05 Å². The smallest absolute Gasteiger partial charge is 0.00925 e. The lowest BCUT2D eigenvalue weighted by atomic mass is 9.76. The first-order valence-corrected chi connectivity index (χ1v) is 6.95. The monoisotopic (exact) mass is 211 g/mol. The summed E-state index contributed by atoms with van der Waals surface area (Å²) in [6.07, 6.45) is 11.4. The zero-order chi connectivity index (χ0) is 11.1. The number of nitrogens with one attached hydrogen (secondary N) is 1. The molecule has 0 aromatic heterocycles. The van der Waals surface area contributed by atoms with Crippen LogP contribution in [-0.4, -0.2) is 13.1 Å². The van der Waals surface area contributed by atoms with Crippen molar-refractivity contribution in [3.8, 4) is 0 Å². The molecule has 0 aliphatic heterocycles. The van der Waals surface area contributed by atoms with Crippen LogP contribution in [0, 0.1) is 11.8 Å². The highest BCUT2D eigenvalue weighted by atomic mass is 14.9. The molecule has 15 heavy (non-hydrogen) atoms. The fourth-order valence-corrected chi connectivity index (χ4v) is 3.03. The zero-order valence-corrected chi connectivity index (χ0v) is 10.9. The second-order valence-electron chi connectivity index (χ2n) is 5.42. The first-order valence-electron chi connectivity index (χ1n) is 6.95. The third-order valence-electron chi connectivity index (χ3n) is 4.04. The van der Waals surface area contributed by atoms with E-state index in [0.717, 1.165) is 17.9 Å². The van der Waals surface area contributed by atoms with E-state index in [4.69, 9.17) is 0 Å². The standard InChI is InChI=1S/C14H29N/c1-4-5-6-7-8-13-11-12(2)9-10-14(13)15-3/h12-15H,4-11H2,1-3H3. The van der Waals surface area contributed by atoms with Gasteiger partial charge >= 0.3 is 0 Å².